The molecule has 1 unspecified atom stereocenters. The summed E-state index contributed by atoms with van der Waals surface area (Å²) in [6.07, 6.45) is 11.7. The number of ether oxygens (including phenoxy) is 2. The molecular formula is C20H26O4. The molecule has 0 bridgehead atoms. The van der Waals surface area contributed by atoms with Crippen molar-refractivity contribution in [1.82, 2.24) is 0 Å². The lowest BCUT2D eigenvalue weighted by Crippen LogP contribution is -2.48. The molecule has 3 fully saturated rings. The monoisotopic (exact) mass is 330 g/mol. The van der Waals surface area contributed by atoms with Crippen LogP contribution in [0.5, 0.6) is 0 Å². The minimum atomic E-state index is -0.549. The third-order valence-electron chi connectivity index (χ3n) is 7.26. The Balaban J connectivity index is 1.56. The molecule has 0 aliphatic heterocycles. The molecule has 6 atom stereocenters. The van der Waals surface area contributed by atoms with E-state index in [1.54, 1.807) is 6.08 Å². The van der Waals surface area contributed by atoms with Crippen LogP contribution in [0.3, 0.4) is 0 Å². The topological polar surface area (TPSA) is 52.6 Å². The Morgan fingerprint density at radius 3 is 2.83 bits per heavy atom. The third-order valence-corrected chi connectivity index (χ3v) is 7.26. The zero-order chi connectivity index (χ0) is 16.9. The minimum Gasteiger partial charge on any atom is -0.438 e. The Bertz CT molecular complexity index is 619. The summed E-state index contributed by atoms with van der Waals surface area (Å²) in [7, 11) is 1.37. The zero-order valence-corrected chi connectivity index (χ0v) is 14.5. The largest absolute Gasteiger partial charge is 0.508 e. The van der Waals surface area contributed by atoms with Crippen molar-refractivity contribution in [3.8, 4) is 0 Å². The maximum absolute atomic E-state index is 11.7. The first-order valence-corrected chi connectivity index (χ1v) is 9.20. The van der Waals surface area contributed by atoms with E-state index in [4.69, 9.17) is 9.47 Å². The molecule has 130 valence electrons. The van der Waals surface area contributed by atoms with Gasteiger partial charge >= 0.3 is 6.16 Å². The van der Waals surface area contributed by atoms with Crippen LogP contribution in [-0.4, -0.2) is 25.2 Å². The molecule has 0 heterocycles. The standard InChI is InChI=1S/C20H26O4/c1-20-10-9-15-14-6-4-13(21)11-12(14)3-5-16(15)17(20)7-8-18(20)24-19(22)23-2/h4,6,11,14-18H,3,5,7-10H2,1-2H3/t14?,15-,16-,17+,18+,20+/m1/s1. The van der Waals surface area contributed by atoms with Gasteiger partial charge in [0.15, 0.2) is 5.78 Å². The van der Waals surface area contributed by atoms with E-state index in [1.165, 1.54) is 19.1 Å². The molecule has 4 rings (SSSR count). The van der Waals surface area contributed by atoms with Crippen molar-refractivity contribution in [2.24, 2.45) is 29.1 Å². The minimum absolute atomic E-state index is 0.0173. The third kappa shape index (κ3) is 2.34. The van der Waals surface area contributed by atoms with Gasteiger partial charge in [-0.25, -0.2) is 4.79 Å². The number of ketones is 1. The molecule has 4 heteroatoms. The quantitative estimate of drug-likeness (QED) is 0.681. The molecule has 0 N–H and O–H groups in total. The summed E-state index contributed by atoms with van der Waals surface area (Å²) < 4.78 is 10.3. The van der Waals surface area contributed by atoms with E-state index in [1.807, 2.05) is 6.08 Å². The number of hydrogen-bond donors (Lipinski definition) is 0. The summed E-state index contributed by atoms with van der Waals surface area (Å²) >= 11 is 0. The normalized spacial score (nSPS) is 43.3. The molecule has 0 saturated heterocycles. The highest BCUT2D eigenvalue weighted by molar-refractivity contribution is 6.00. The molecule has 0 aromatic heterocycles. The average Bonchev–Trinajstić information content (AvgIpc) is 2.90. The molecule has 4 nitrogen and oxygen atoms in total. The number of methoxy groups -OCH3 is 1. The van der Waals surface area contributed by atoms with Crippen molar-refractivity contribution in [3.63, 3.8) is 0 Å². The van der Waals surface area contributed by atoms with Gasteiger partial charge in [-0.15, -0.1) is 0 Å². The van der Waals surface area contributed by atoms with Crippen molar-refractivity contribution in [3.05, 3.63) is 23.8 Å². The molecule has 4 aliphatic carbocycles. The second-order valence-electron chi connectivity index (χ2n) is 8.16. The van der Waals surface area contributed by atoms with Crippen molar-refractivity contribution in [1.29, 1.82) is 0 Å². The molecule has 0 aromatic carbocycles. The average molecular weight is 330 g/mol. The van der Waals surface area contributed by atoms with Gasteiger partial charge in [0.2, 0.25) is 0 Å². The first-order valence-electron chi connectivity index (χ1n) is 9.20. The van der Waals surface area contributed by atoms with Crippen LogP contribution in [0.4, 0.5) is 4.79 Å². The maximum atomic E-state index is 11.7. The van der Waals surface area contributed by atoms with Gasteiger partial charge in [0.05, 0.1) is 7.11 Å². The van der Waals surface area contributed by atoms with E-state index in [0.29, 0.717) is 23.7 Å². The lowest BCUT2D eigenvalue weighted by atomic mass is 9.53. The SMILES string of the molecule is COC(=O)O[C@H]1CC[C@H]2[C@@H]3CCC4=CC(=O)C=CC4[C@H]3CC[C@]12C. The highest BCUT2D eigenvalue weighted by Crippen LogP contribution is 2.61. The number of hydrogen-bond acceptors (Lipinski definition) is 4. The molecule has 24 heavy (non-hydrogen) atoms. The molecule has 0 amide bonds. The maximum Gasteiger partial charge on any atom is 0.508 e. The summed E-state index contributed by atoms with van der Waals surface area (Å²) in [6.45, 7) is 2.31. The van der Waals surface area contributed by atoms with E-state index in [0.717, 1.165) is 32.1 Å². The van der Waals surface area contributed by atoms with E-state index < -0.39 is 6.16 Å². The first kappa shape index (κ1) is 15.9. The second kappa shape index (κ2) is 5.75. The molecule has 3 saturated carbocycles. The fraction of sp³-hybridized carbons (Fsp3) is 0.700. The van der Waals surface area contributed by atoms with Gasteiger partial charge < -0.3 is 9.47 Å². The smallest absolute Gasteiger partial charge is 0.438 e. The Morgan fingerprint density at radius 1 is 1.21 bits per heavy atom. The van der Waals surface area contributed by atoms with Crippen LogP contribution >= 0.6 is 0 Å². The number of carbonyl (C=O) groups is 2. The van der Waals surface area contributed by atoms with E-state index in [9.17, 15) is 9.59 Å². The number of allylic oxidation sites excluding steroid dienone is 4. The van der Waals surface area contributed by atoms with Gasteiger partial charge in [-0.2, -0.15) is 0 Å². The zero-order valence-electron chi connectivity index (χ0n) is 14.5. The summed E-state index contributed by atoms with van der Waals surface area (Å²) in [5, 5.41) is 0. The van der Waals surface area contributed by atoms with Crippen LogP contribution in [0, 0.1) is 29.1 Å². The highest BCUT2D eigenvalue weighted by Gasteiger charge is 2.57. The Hall–Kier alpha value is -1.58. The first-order chi connectivity index (χ1) is 11.5. The molecule has 0 aromatic rings. The van der Waals surface area contributed by atoms with Gasteiger partial charge in [0, 0.05) is 11.3 Å². The molecule has 0 radical (unpaired) electrons. The van der Waals surface area contributed by atoms with E-state index >= 15 is 0 Å². The van der Waals surface area contributed by atoms with Crippen molar-refractivity contribution in [2.45, 2.75) is 51.6 Å². The second-order valence-corrected chi connectivity index (χ2v) is 8.16. The van der Waals surface area contributed by atoms with Gasteiger partial charge in [-0.3, -0.25) is 4.79 Å². The van der Waals surface area contributed by atoms with Crippen LogP contribution < -0.4 is 0 Å². The van der Waals surface area contributed by atoms with E-state index in [2.05, 4.69) is 13.0 Å². The van der Waals surface area contributed by atoms with Crippen LogP contribution in [-0.2, 0) is 14.3 Å². The van der Waals surface area contributed by atoms with Crippen molar-refractivity contribution in [2.75, 3.05) is 7.11 Å². The lowest BCUT2D eigenvalue weighted by molar-refractivity contribution is -0.110. The molecule has 4 aliphatic rings. The van der Waals surface area contributed by atoms with Crippen LogP contribution in [0.1, 0.15) is 45.4 Å². The van der Waals surface area contributed by atoms with Crippen LogP contribution in [0.15, 0.2) is 23.8 Å². The summed E-state index contributed by atoms with van der Waals surface area (Å²) in [4.78, 5) is 23.3. The molecule has 0 spiro atoms. The fourth-order valence-corrected chi connectivity index (χ4v) is 6.13. The van der Waals surface area contributed by atoms with Crippen molar-refractivity contribution < 1.29 is 19.1 Å². The van der Waals surface area contributed by atoms with Crippen LogP contribution in [0.25, 0.3) is 0 Å². The Labute approximate surface area is 143 Å². The number of rotatable bonds is 1. The summed E-state index contributed by atoms with van der Waals surface area (Å²) in [5.41, 5.74) is 1.41. The predicted octanol–water partition coefficient (Wildman–Crippen LogP) is 4.06. The van der Waals surface area contributed by atoms with Gasteiger partial charge in [-0.05, 0) is 68.4 Å². The van der Waals surface area contributed by atoms with Crippen molar-refractivity contribution >= 4 is 11.9 Å². The van der Waals surface area contributed by atoms with Crippen LogP contribution in [0.2, 0.25) is 0 Å². The molecular weight excluding hydrogens is 304 g/mol. The lowest BCUT2D eigenvalue weighted by Gasteiger charge is -2.52. The van der Waals surface area contributed by atoms with Gasteiger partial charge in [0.1, 0.15) is 6.10 Å². The summed E-state index contributed by atoms with van der Waals surface area (Å²) in [5.74, 6) is 2.53. The predicted molar refractivity (Wildman–Crippen MR) is 89.3 cm³/mol. The fourth-order valence-electron chi connectivity index (χ4n) is 6.13. The number of fused-ring (bicyclic) bond motifs is 5. The Kier molecular flexibility index (Phi) is 3.81. The number of carbonyl (C=O) groups excluding carboxylic acids is 2. The van der Waals surface area contributed by atoms with Gasteiger partial charge in [0.25, 0.3) is 0 Å². The van der Waals surface area contributed by atoms with Gasteiger partial charge in [-0.1, -0.05) is 18.6 Å². The summed E-state index contributed by atoms with van der Waals surface area (Å²) in [6, 6.07) is 0. The van der Waals surface area contributed by atoms with E-state index in [-0.39, 0.29) is 17.3 Å². The highest BCUT2D eigenvalue weighted by atomic mass is 16.7. The Morgan fingerprint density at radius 2 is 2.04 bits per heavy atom.